The number of hydrogen-bond donors (Lipinski definition) is 0. The van der Waals surface area contributed by atoms with Crippen LogP contribution in [-0.4, -0.2) is 29.8 Å². The van der Waals surface area contributed by atoms with E-state index >= 15 is 0 Å². The van der Waals surface area contributed by atoms with Gasteiger partial charge in [-0.25, -0.2) is 0 Å². The molecular weight excluding hydrogens is 530 g/mol. The third-order valence-corrected chi connectivity index (χ3v) is 2.86. The van der Waals surface area contributed by atoms with E-state index in [1.807, 2.05) is 42.5 Å². The molecule has 10 nitrogen and oxygen atoms in total. The summed E-state index contributed by atoms with van der Waals surface area (Å²) in [5.41, 5.74) is 2.06. The molecule has 0 aliphatic rings. The molecule has 0 bridgehead atoms. The van der Waals surface area contributed by atoms with Gasteiger partial charge in [-0.2, -0.15) is 0 Å². The van der Waals surface area contributed by atoms with Crippen LogP contribution in [0.1, 0.15) is 34.6 Å². The van der Waals surface area contributed by atoms with Crippen molar-refractivity contribution in [1.82, 2.24) is 0 Å². The Labute approximate surface area is 242 Å². The topological polar surface area (TPSA) is 201 Å². The fourth-order valence-corrected chi connectivity index (χ4v) is 1.75. The molecular formula is C23H23Cl2NaO10. The molecule has 2 rings (SSSR count). The van der Waals surface area contributed by atoms with E-state index < -0.39 is 29.8 Å². The fourth-order valence-electron chi connectivity index (χ4n) is 1.34. The van der Waals surface area contributed by atoms with Crippen LogP contribution in [0.3, 0.4) is 0 Å². The minimum absolute atomic E-state index is 0. The quantitative estimate of drug-likeness (QED) is 0.310. The van der Waals surface area contributed by atoms with Crippen LogP contribution in [0.4, 0.5) is 0 Å². The molecule has 190 valence electrons. The summed E-state index contributed by atoms with van der Waals surface area (Å²) in [5, 5.41) is 45.6. The van der Waals surface area contributed by atoms with Gasteiger partial charge in [-0.05, 0) is 46.2 Å². The van der Waals surface area contributed by atoms with Gasteiger partial charge in [0.2, 0.25) is 0 Å². The summed E-state index contributed by atoms with van der Waals surface area (Å²) in [4.78, 5) is 44.4. The molecule has 0 saturated heterocycles. The van der Waals surface area contributed by atoms with Crippen molar-refractivity contribution in [2.24, 2.45) is 0 Å². The third-order valence-electron chi connectivity index (χ3n) is 2.04. The first-order valence-corrected chi connectivity index (χ1v) is 9.58. The Bertz CT molecular complexity index is 802. The van der Waals surface area contributed by atoms with Crippen LogP contribution in [0.25, 0.3) is 11.1 Å². The van der Waals surface area contributed by atoms with Crippen LogP contribution >= 0.6 is 23.2 Å². The number of aliphatic carboxylic acids is 5. The summed E-state index contributed by atoms with van der Waals surface area (Å²) in [7, 11) is 0. The number of rotatable bonds is 1. The second kappa shape index (κ2) is 30.4. The number of carboxylic acids is 5. The monoisotopic (exact) mass is 552 g/mol. The first-order chi connectivity index (χ1) is 15.4. The number of hydrogen-bond acceptors (Lipinski definition) is 10. The van der Waals surface area contributed by atoms with Crippen LogP contribution < -0.4 is 55.1 Å². The van der Waals surface area contributed by atoms with Crippen molar-refractivity contribution in [3.63, 3.8) is 0 Å². The zero-order valence-corrected chi connectivity index (χ0v) is 24.0. The summed E-state index contributed by atoms with van der Waals surface area (Å²) in [6.07, 6.45) is 0. The Morgan fingerprint density at radius 2 is 0.833 bits per heavy atom. The zero-order chi connectivity index (χ0) is 27.9. The molecule has 0 amide bonds. The van der Waals surface area contributed by atoms with Gasteiger partial charge >= 0.3 is 37.0 Å². The molecule has 0 heterocycles. The van der Waals surface area contributed by atoms with Crippen molar-refractivity contribution in [3.8, 4) is 11.1 Å². The molecule has 0 spiro atoms. The predicted molar refractivity (Wildman–Crippen MR) is 119 cm³/mol. The summed E-state index contributed by atoms with van der Waals surface area (Å²) < 4.78 is 0. The van der Waals surface area contributed by atoms with E-state index in [0.717, 1.165) is 45.7 Å². The van der Waals surface area contributed by atoms with Crippen molar-refractivity contribution in [2.75, 3.05) is 0 Å². The maximum atomic E-state index is 8.89. The maximum Gasteiger partial charge on any atom is 4.00 e. The van der Waals surface area contributed by atoms with Crippen molar-refractivity contribution in [2.45, 2.75) is 34.6 Å². The summed E-state index contributed by atoms with van der Waals surface area (Å²) in [6, 6.07) is 15.6. The second-order valence-corrected chi connectivity index (χ2v) is 6.21. The summed E-state index contributed by atoms with van der Waals surface area (Å²) in [5.74, 6) is -5.42. The van der Waals surface area contributed by atoms with Crippen LogP contribution in [0.15, 0.2) is 48.5 Å². The molecule has 2 aromatic carbocycles. The number of carbonyl (C=O) groups is 5. The molecule has 0 radical (unpaired) electrons. The maximum absolute atomic E-state index is 8.89. The molecule has 2 aromatic rings. The van der Waals surface area contributed by atoms with Crippen LogP contribution in [0.5, 0.6) is 0 Å². The molecule has 0 unspecified atom stereocenters. The average Bonchev–Trinajstić information content (AvgIpc) is 2.62. The molecule has 13 heteroatoms. The normalized spacial score (nSPS) is 7.42. The van der Waals surface area contributed by atoms with Gasteiger partial charge in [0.1, 0.15) is 0 Å². The minimum atomic E-state index is -1.08. The minimum Gasteiger partial charge on any atom is -0.550 e. The Morgan fingerprint density at radius 1 is 0.556 bits per heavy atom. The Morgan fingerprint density at radius 3 is 1.11 bits per heavy atom. The first kappa shape index (κ1) is 46.7. The molecule has 0 saturated carbocycles. The van der Waals surface area contributed by atoms with Gasteiger partial charge < -0.3 is 49.5 Å². The van der Waals surface area contributed by atoms with Crippen LogP contribution in [-0.2, 0) is 24.0 Å². The van der Waals surface area contributed by atoms with E-state index in [-0.39, 0.29) is 37.0 Å². The van der Waals surface area contributed by atoms with E-state index in [1.54, 1.807) is 6.07 Å². The van der Waals surface area contributed by atoms with Gasteiger partial charge in [-0.15, -0.1) is 0 Å². The Balaban J connectivity index is -0.0000000863. The number of halogens is 2. The van der Waals surface area contributed by atoms with Crippen molar-refractivity contribution < 1.29 is 79.1 Å². The number of carboxylic acid groups (broad SMARTS) is 5. The van der Waals surface area contributed by atoms with Gasteiger partial charge in [-0.1, -0.05) is 65.7 Å². The number of benzene rings is 2. The van der Waals surface area contributed by atoms with Gasteiger partial charge in [0.15, 0.2) is 0 Å². The standard InChI is InChI=1S/C12H8Cl2.5C2H4O2.C.Na/c13-11-8-4-7-10(12(11)14)9-5-2-1-3-6-9;5*1-2(3)4;;/h1-8H;5*1H3,(H,3,4);;/q;;;;;;+4;+1/p-5. The smallest absolute Gasteiger partial charge is 0.550 e. The molecule has 0 N–H and O–H groups in total. The third kappa shape index (κ3) is 53.0. The van der Waals surface area contributed by atoms with Gasteiger partial charge in [0.05, 0.1) is 10.0 Å². The first-order valence-electron chi connectivity index (χ1n) is 8.82. The van der Waals surface area contributed by atoms with Gasteiger partial charge in [0, 0.05) is 35.4 Å². The summed E-state index contributed by atoms with van der Waals surface area (Å²) >= 11 is 12.0. The Hall–Kier alpha value is -2.63. The van der Waals surface area contributed by atoms with E-state index in [0.29, 0.717) is 10.0 Å². The van der Waals surface area contributed by atoms with Crippen molar-refractivity contribution in [3.05, 3.63) is 66.0 Å². The van der Waals surface area contributed by atoms with Crippen LogP contribution in [0.2, 0.25) is 10.0 Å². The Kier molecular flexibility index (Phi) is 39.4. The van der Waals surface area contributed by atoms with E-state index in [4.69, 9.17) is 72.7 Å². The van der Waals surface area contributed by atoms with Gasteiger partial charge in [0.25, 0.3) is 0 Å². The largest absolute Gasteiger partial charge is 4.00 e. The van der Waals surface area contributed by atoms with Crippen molar-refractivity contribution >= 4 is 53.0 Å². The van der Waals surface area contributed by atoms with Crippen molar-refractivity contribution in [1.29, 1.82) is 0 Å². The van der Waals surface area contributed by atoms with E-state index in [9.17, 15) is 0 Å². The van der Waals surface area contributed by atoms with E-state index in [2.05, 4.69) is 0 Å². The molecule has 0 atom stereocenters. The second-order valence-electron chi connectivity index (χ2n) is 5.43. The fraction of sp³-hybridized carbons (Fsp3) is 0.217. The molecule has 36 heavy (non-hydrogen) atoms. The van der Waals surface area contributed by atoms with E-state index in [1.165, 1.54) is 0 Å². The number of carbonyl (C=O) groups excluding carboxylic acids is 5. The molecule has 0 aromatic heterocycles. The van der Waals surface area contributed by atoms with Gasteiger partial charge in [-0.3, -0.25) is 0 Å². The molecule has 0 aliphatic heterocycles. The molecule has 0 aliphatic carbocycles. The summed E-state index contributed by atoms with van der Waals surface area (Å²) in [6.45, 7) is 4.86. The van der Waals surface area contributed by atoms with Crippen LogP contribution in [0, 0.1) is 7.43 Å². The zero-order valence-electron chi connectivity index (χ0n) is 20.5. The average molecular weight is 553 g/mol. The molecule has 0 fully saturated rings. The SMILES string of the molecule is CC(=O)[O-].CC(=O)[O-].CC(=O)[O-].CC(=O)[O-].CC(=O)[O-].Clc1cccc(-c2ccccc2)c1Cl.[C+4].[Na+]. The predicted octanol–water partition coefficient (Wildman–Crippen LogP) is -4.47.